The standard InChI is InChI=1S/C20H22ClNO2S/c1-16-7-13-19(14-8-16)25(23,24)20(15-22)6-4-2-3-5-17-9-11-18(21)12-10-17/h7-14,20H,2-6H2,1H3. The Morgan fingerprint density at radius 1 is 1.00 bits per heavy atom. The van der Waals surface area contributed by atoms with Crippen LogP contribution in [0.5, 0.6) is 0 Å². The molecule has 0 amide bonds. The molecule has 2 aromatic rings. The van der Waals surface area contributed by atoms with Crippen LogP contribution in [-0.2, 0) is 16.3 Å². The summed E-state index contributed by atoms with van der Waals surface area (Å²) in [4.78, 5) is 0.228. The van der Waals surface area contributed by atoms with Crippen molar-refractivity contribution < 1.29 is 8.42 Å². The zero-order valence-corrected chi connectivity index (χ0v) is 15.9. The molecule has 1 unspecified atom stereocenters. The van der Waals surface area contributed by atoms with E-state index in [4.69, 9.17) is 11.6 Å². The molecule has 0 heterocycles. The number of nitrogens with zero attached hydrogens (tertiary/aromatic N) is 1. The fourth-order valence-corrected chi connectivity index (χ4v) is 4.25. The van der Waals surface area contributed by atoms with Gasteiger partial charge in [-0.3, -0.25) is 0 Å². The van der Waals surface area contributed by atoms with Crippen molar-refractivity contribution in [2.75, 3.05) is 0 Å². The minimum atomic E-state index is -3.59. The molecule has 5 heteroatoms. The molecule has 0 radical (unpaired) electrons. The highest BCUT2D eigenvalue weighted by molar-refractivity contribution is 7.92. The molecule has 0 fully saturated rings. The smallest absolute Gasteiger partial charge is 0.194 e. The number of hydrogen-bond acceptors (Lipinski definition) is 3. The number of nitriles is 1. The van der Waals surface area contributed by atoms with E-state index in [0.29, 0.717) is 6.42 Å². The molecule has 2 rings (SSSR count). The summed E-state index contributed by atoms with van der Waals surface area (Å²) in [6, 6.07) is 16.4. The number of sulfone groups is 1. The Balaban J connectivity index is 1.84. The number of rotatable bonds is 8. The van der Waals surface area contributed by atoms with Crippen LogP contribution in [0.2, 0.25) is 5.02 Å². The van der Waals surface area contributed by atoms with E-state index in [1.54, 1.807) is 24.3 Å². The predicted octanol–water partition coefficient (Wildman–Crippen LogP) is 5.12. The van der Waals surface area contributed by atoms with Crippen LogP contribution in [0, 0.1) is 18.3 Å². The summed E-state index contributed by atoms with van der Waals surface area (Å²) in [6.45, 7) is 1.90. The number of unbranched alkanes of at least 4 members (excludes halogenated alkanes) is 2. The van der Waals surface area contributed by atoms with Crippen molar-refractivity contribution in [2.45, 2.75) is 49.2 Å². The predicted molar refractivity (Wildman–Crippen MR) is 101 cm³/mol. The Bertz CT molecular complexity index is 821. The number of halogens is 1. The van der Waals surface area contributed by atoms with Gasteiger partial charge in [-0.25, -0.2) is 8.42 Å². The van der Waals surface area contributed by atoms with E-state index in [0.717, 1.165) is 36.3 Å². The van der Waals surface area contributed by atoms with Crippen LogP contribution in [-0.4, -0.2) is 13.7 Å². The summed E-state index contributed by atoms with van der Waals surface area (Å²) in [6.07, 6.45) is 3.87. The number of aryl methyl sites for hydroxylation is 2. The van der Waals surface area contributed by atoms with Gasteiger partial charge in [0, 0.05) is 5.02 Å². The van der Waals surface area contributed by atoms with Crippen LogP contribution in [0.3, 0.4) is 0 Å². The summed E-state index contributed by atoms with van der Waals surface area (Å²) in [7, 11) is -3.59. The molecule has 0 saturated carbocycles. The molecule has 0 spiro atoms. The van der Waals surface area contributed by atoms with Gasteiger partial charge in [-0.2, -0.15) is 5.26 Å². The number of hydrogen-bond donors (Lipinski definition) is 0. The van der Waals surface area contributed by atoms with Crippen LogP contribution < -0.4 is 0 Å². The molecule has 0 aliphatic rings. The van der Waals surface area contributed by atoms with Gasteiger partial charge in [-0.05, 0) is 56.0 Å². The average Bonchev–Trinajstić information content (AvgIpc) is 2.60. The lowest BCUT2D eigenvalue weighted by Crippen LogP contribution is -2.19. The first-order valence-electron chi connectivity index (χ1n) is 8.38. The van der Waals surface area contributed by atoms with Crippen molar-refractivity contribution in [1.29, 1.82) is 5.26 Å². The highest BCUT2D eigenvalue weighted by Gasteiger charge is 2.26. The van der Waals surface area contributed by atoms with Gasteiger partial charge in [0.25, 0.3) is 0 Å². The lowest BCUT2D eigenvalue weighted by Gasteiger charge is -2.11. The zero-order valence-electron chi connectivity index (χ0n) is 14.3. The van der Waals surface area contributed by atoms with E-state index in [2.05, 4.69) is 0 Å². The normalized spacial score (nSPS) is 12.5. The molecule has 1 atom stereocenters. The quantitative estimate of drug-likeness (QED) is 0.602. The summed E-state index contributed by atoms with van der Waals surface area (Å²) < 4.78 is 25.1. The van der Waals surface area contributed by atoms with Crippen molar-refractivity contribution in [3.05, 3.63) is 64.7 Å². The summed E-state index contributed by atoms with van der Waals surface area (Å²) in [5, 5.41) is 9.04. The van der Waals surface area contributed by atoms with Crippen molar-refractivity contribution in [3.63, 3.8) is 0 Å². The third-order valence-corrected chi connectivity index (χ3v) is 6.48. The highest BCUT2D eigenvalue weighted by atomic mass is 35.5. The second-order valence-corrected chi connectivity index (χ2v) is 8.77. The number of benzene rings is 2. The first-order valence-corrected chi connectivity index (χ1v) is 10.3. The monoisotopic (exact) mass is 375 g/mol. The van der Waals surface area contributed by atoms with Crippen molar-refractivity contribution in [3.8, 4) is 6.07 Å². The Morgan fingerprint density at radius 2 is 1.64 bits per heavy atom. The Hall–Kier alpha value is -1.83. The van der Waals surface area contributed by atoms with Crippen LogP contribution >= 0.6 is 11.6 Å². The molecule has 0 aromatic heterocycles. The molecular formula is C20H22ClNO2S. The topological polar surface area (TPSA) is 57.9 Å². The second kappa shape index (κ2) is 9.03. The van der Waals surface area contributed by atoms with E-state index in [9.17, 15) is 13.7 Å². The van der Waals surface area contributed by atoms with Crippen LogP contribution in [0.25, 0.3) is 0 Å². The lowest BCUT2D eigenvalue weighted by atomic mass is 10.1. The van der Waals surface area contributed by atoms with Crippen LogP contribution in [0.15, 0.2) is 53.4 Å². The third-order valence-electron chi connectivity index (χ3n) is 4.21. The first-order chi connectivity index (χ1) is 11.9. The van der Waals surface area contributed by atoms with E-state index in [-0.39, 0.29) is 4.90 Å². The Morgan fingerprint density at radius 3 is 2.24 bits per heavy atom. The highest BCUT2D eigenvalue weighted by Crippen LogP contribution is 2.21. The van der Waals surface area contributed by atoms with E-state index in [1.165, 1.54) is 5.56 Å². The summed E-state index contributed by atoms with van der Waals surface area (Å²) in [5.74, 6) is 0. The van der Waals surface area contributed by atoms with Gasteiger partial charge in [-0.15, -0.1) is 0 Å². The minimum absolute atomic E-state index is 0.228. The molecule has 0 aliphatic heterocycles. The van der Waals surface area contributed by atoms with Gasteiger partial charge in [-0.1, -0.05) is 54.3 Å². The first kappa shape index (κ1) is 19.5. The van der Waals surface area contributed by atoms with Crippen molar-refractivity contribution in [2.24, 2.45) is 0 Å². The van der Waals surface area contributed by atoms with Gasteiger partial charge < -0.3 is 0 Å². The summed E-state index contributed by atoms with van der Waals surface area (Å²) in [5.41, 5.74) is 2.21. The molecule has 25 heavy (non-hydrogen) atoms. The maximum atomic E-state index is 12.6. The Labute approximate surface area is 155 Å². The summed E-state index contributed by atoms with van der Waals surface area (Å²) >= 11 is 5.86. The average molecular weight is 376 g/mol. The molecule has 3 nitrogen and oxygen atoms in total. The lowest BCUT2D eigenvalue weighted by molar-refractivity contribution is 0.575. The largest absolute Gasteiger partial charge is 0.222 e. The van der Waals surface area contributed by atoms with Crippen LogP contribution in [0.4, 0.5) is 0 Å². The van der Waals surface area contributed by atoms with Gasteiger partial charge in [0.2, 0.25) is 0 Å². The maximum Gasteiger partial charge on any atom is 0.194 e. The van der Waals surface area contributed by atoms with Gasteiger partial charge in [0.05, 0.1) is 11.0 Å². The van der Waals surface area contributed by atoms with Crippen molar-refractivity contribution >= 4 is 21.4 Å². The van der Waals surface area contributed by atoms with Gasteiger partial charge in [0.15, 0.2) is 15.1 Å². The van der Waals surface area contributed by atoms with Crippen molar-refractivity contribution in [1.82, 2.24) is 0 Å². The molecule has 2 aromatic carbocycles. The molecule has 0 bridgehead atoms. The third kappa shape index (κ3) is 5.59. The fourth-order valence-electron chi connectivity index (χ4n) is 2.67. The van der Waals surface area contributed by atoms with Gasteiger partial charge >= 0.3 is 0 Å². The molecule has 0 N–H and O–H groups in total. The van der Waals surface area contributed by atoms with Crippen LogP contribution in [0.1, 0.15) is 36.8 Å². The maximum absolute atomic E-state index is 12.6. The second-order valence-electron chi connectivity index (χ2n) is 6.20. The van der Waals surface area contributed by atoms with Gasteiger partial charge in [0.1, 0.15) is 0 Å². The zero-order chi connectivity index (χ0) is 18.3. The molecule has 132 valence electrons. The molecular weight excluding hydrogens is 354 g/mol. The minimum Gasteiger partial charge on any atom is -0.222 e. The van der Waals surface area contributed by atoms with E-state index in [1.807, 2.05) is 37.3 Å². The fraction of sp³-hybridized carbons (Fsp3) is 0.350. The Kier molecular flexibility index (Phi) is 7.04. The SMILES string of the molecule is Cc1ccc(S(=O)(=O)C(C#N)CCCCCc2ccc(Cl)cc2)cc1. The van der Waals surface area contributed by atoms with E-state index >= 15 is 0 Å². The van der Waals surface area contributed by atoms with E-state index < -0.39 is 15.1 Å². The molecule has 0 aliphatic carbocycles. The molecule has 0 saturated heterocycles.